The van der Waals surface area contributed by atoms with Crippen LogP contribution in [0.1, 0.15) is 33.1 Å². The van der Waals surface area contributed by atoms with Crippen molar-refractivity contribution in [2.75, 3.05) is 13.2 Å². The average Bonchev–Trinajstić information content (AvgIpc) is 2.15. The van der Waals surface area contributed by atoms with E-state index in [0.29, 0.717) is 18.9 Å². The number of hydrogen-bond donors (Lipinski definition) is 3. The number of carbonyl (C=O) groups excluding carboxylic acids is 1. The van der Waals surface area contributed by atoms with Crippen LogP contribution in [0.3, 0.4) is 0 Å². The van der Waals surface area contributed by atoms with E-state index in [0.717, 1.165) is 12.8 Å². The van der Waals surface area contributed by atoms with E-state index in [1.807, 2.05) is 0 Å². The lowest BCUT2D eigenvalue weighted by atomic mass is 10.0. The Balaban J connectivity index is 3.53. The normalized spacial score (nSPS) is 14.9. The molecule has 0 bridgehead atoms. The zero-order valence-electron chi connectivity index (χ0n) is 9.12. The molecule has 4 nitrogen and oxygen atoms in total. The third-order valence-corrected chi connectivity index (χ3v) is 2.20. The van der Waals surface area contributed by atoms with E-state index in [-0.39, 0.29) is 18.6 Å². The maximum Gasteiger partial charge on any atom is 0.220 e. The van der Waals surface area contributed by atoms with Gasteiger partial charge in [-0.25, -0.2) is 0 Å². The summed E-state index contributed by atoms with van der Waals surface area (Å²) in [6, 6.07) is -0.146. The van der Waals surface area contributed by atoms with Gasteiger partial charge in [0.15, 0.2) is 0 Å². The van der Waals surface area contributed by atoms with Crippen LogP contribution in [-0.4, -0.2) is 30.2 Å². The van der Waals surface area contributed by atoms with Crippen molar-refractivity contribution in [2.45, 2.75) is 39.2 Å². The molecule has 4 heteroatoms. The van der Waals surface area contributed by atoms with E-state index in [9.17, 15) is 4.79 Å². The minimum atomic E-state index is -0.146. The Kier molecular flexibility index (Phi) is 7.42. The van der Waals surface area contributed by atoms with Crippen molar-refractivity contribution < 1.29 is 9.90 Å². The molecule has 14 heavy (non-hydrogen) atoms. The summed E-state index contributed by atoms with van der Waals surface area (Å²) >= 11 is 0. The van der Waals surface area contributed by atoms with Gasteiger partial charge in [0.05, 0.1) is 6.61 Å². The van der Waals surface area contributed by atoms with Crippen LogP contribution in [-0.2, 0) is 4.79 Å². The van der Waals surface area contributed by atoms with Crippen LogP contribution in [0, 0.1) is 5.92 Å². The van der Waals surface area contributed by atoms with E-state index in [1.165, 1.54) is 0 Å². The van der Waals surface area contributed by atoms with Gasteiger partial charge in [0, 0.05) is 12.5 Å². The number of rotatable bonds is 7. The van der Waals surface area contributed by atoms with Crippen molar-refractivity contribution >= 4 is 5.91 Å². The largest absolute Gasteiger partial charge is 0.394 e. The smallest absolute Gasteiger partial charge is 0.220 e. The molecular weight excluding hydrogens is 180 g/mol. The van der Waals surface area contributed by atoms with E-state index in [1.54, 1.807) is 6.92 Å². The van der Waals surface area contributed by atoms with E-state index >= 15 is 0 Å². The van der Waals surface area contributed by atoms with E-state index in [2.05, 4.69) is 12.2 Å². The van der Waals surface area contributed by atoms with Gasteiger partial charge in [-0.2, -0.15) is 0 Å². The molecule has 0 saturated heterocycles. The predicted octanol–water partition coefficient (Wildman–Crippen LogP) is 0.249. The molecule has 1 amide bonds. The van der Waals surface area contributed by atoms with Gasteiger partial charge >= 0.3 is 0 Å². The van der Waals surface area contributed by atoms with Gasteiger partial charge < -0.3 is 16.2 Å². The topological polar surface area (TPSA) is 75.4 Å². The maximum absolute atomic E-state index is 11.3. The fourth-order valence-electron chi connectivity index (χ4n) is 1.20. The first-order chi connectivity index (χ1) is 6.60. The monoisotopic (exact) mass is 202 g/mol. The number of nitrogens with two attached hydrogens (primary N) is 1. The van der Waals surface area contributed by atoms with Crippen molar-refractivity contribution in [1.29, 1.82) is 0 Å². The summed E-state index contributed by atoms with van der Waals surface area (Å²) in [6.07, 6.45) is 2.34. The highest BCUT2D eigenvalue weighted by molar-refractivity contribution is 5.76. The standard InChI is InChI=1S/C10H22N2O2/c1-8(5-6-11)3-4-10(14)12-9(2)7-13/h8-9,13H,3-7,11H2,1-2H3,(H,12,14). The Morgan fingerprint density at radius 2 is 2.07 bits per heavy atom. The number of nitrogens with one attached hydrogen (secondary N) is 1. The molecule has 0 spiro atoms. The van der Waals surface area contributed by atoms with Gasteiger partial charge in [-0.3, -0.25) is 4.79 Å². The second-order valence-electron chi connectivity index (χ2n) is 3.87. The van der Waals surface area contributed by atoms with E-state index in [4.69, 9.17) is 10.8 Å². The summed E-state index contributed by atoms with van der Waals surface area (Å²) in [7, 11) is 0. The number of amides is 1. The Labute approximate surface area is 85.9 Å². The zero-order valence-corrected chi connectivity index (χ0v) is 9.12. The SMILES string of the molecule is CC(CCN)CCC(=O)NC(C)CO. The van der Waals surface area contributed by atoms with Crippen LogP contribution in [0.25, 0.3) is 0 Å². The van der Waals surface area contributed by atoms with Gasteiger partial charge in [0.1, 0.15) is 0 Å². The summed E-state index contributed by atoms with van der Waals surface area (Å²) < 4.78 is 0. The van der Waals surface area contributed by atoms with Crippen molar-refractivity contribution in [3.63, 3.8) is 0 Å². The minimum absolute atomic E-state index is 0.00965. The number of carbonyl (C=O) groups is 1. The first-order valence-corrected chi connectivity index (χ1v) is 5.20. The minimum Gasteiger partial charge on any atom is -0.394 e. The van der Waals surface area contributed by atoms with Crippen LogP contribution < -0.4 is 11.1 Å². The molecule has 0 rings (SSSR count). The molecule has 0 aliphatic rings. The fourth-order valence-corrected chi connectivity index (χ4v) is 1.20. The highest BCUT2D eigenvalue weighted by Crippen LogP contribution is 2.08. The van der Waals surface area contributed by atoms with Crippen molar-refractivity contribution in [1.82, 2.24) is 5.32 Å². The van der Waals surface area contributed by atoms with Crippen molar-refractivity contribution in [3.8, 4) is 0 Å². The Hall–Kier alpha value is -0.610. The third-order valence-electron chi connectivity index (χ3n) is 2.20. The predicted molar refractivity (Wildman–Crippen MR) is 56.8 cm³/mol. The van der Waals surface area contributed by atoms with Crippen molar-refractivity contribution in [3.05, 3.63) is 0 Å². The van der Waals surface area contributed by atoms with Gasteiger partial charge in [-0.15, -0.1) is 0 Å². The molecule has 0 radical (unpaired) electrons. The summed E-state index contributed by atoms with van der Waals surface area (Å²) in [5.41, 5.74) is 5.40. The molecule has 84 valence electrons. The van der Waals surface area contributed by atoms with Crippen LogP contribution >= 0.6 is 0 Å². The van der Waals surface area contributed by atoms with Gasteiger partial charge in [0.2, 0.25) is 5.91 Å². The van der Waals surface area contributed by atoms with Crippen LogP contribution in [0.5, 0.6) is 0 Å². The fraction of sp³-hybridized carbons (Fsp3) is 0.900. The van der Waals surface area contributed by atoms with Crippen LogP contribution in [0.2, 0.25) is 0 Å². The van der Waals surface area contributed by atoms with Gasteiger partial charge in [-0.05, 0) is 32.2 Å². The first kappa shape index (κ1) is 13.4. The summed E-state index contributed by atoms with van der Waals surface area (Å²) in [5.74, 6) is 0.505. The van der Waals surface area contributed by atoms with Gasteiger partial charge in [0.25, 0.3) is 0 Å². The molecular formula is C10H22N2O2. The number of aliphatic hydroxyl groups is 1. The molecule has 0 aromatic carbocycles. The molecule has 4 N–H and O–H groups in total. The maximum atomic E-state index is 11.3. The molecule has 0 fully saturated rings. The third kappa shape index (κ3) is 6.86. The Bertz CT molecular complexity index is 162. The Morgan fingerprint density at radius 3 is 2.57 bits per heavy atom. The molecule has 0 aliphatic carbocycles. The number of hydrogen-bond acceptors (Lipinski definition) is 3. The second-order valence-corrected chi connectivity index (χ2v) is 3.87. The lowest BCUT2D eigenvalue weighted by Gasteiger charge is -2.12. The number of aliphatic hydroxyl groups excluding tert-OH is 1. The molecule has 0 saturated carbocycles. The lowest BCUT2D eigenvalue weighted by molar-refractivity contribution is -0.122. The highest BCUT2D eigenvalue weighted by atomic mass is 16.3. The average molecular weight is 202 g/mol. The molecule has 0 aliphatic heterocycles. The molecule has 2 unspecified atom stereocenters. The lowest BCUT2D eigenvalue weighted by Crippen LogP contribution is -2.35. The van der Waals surface area contributed by atoms with Crippen molar-refractivity contribution in [2.24, 2.45) is 11.7 Å². The van der Waals surface area contributed by atoms with E-state index < -0.39 is 0 Å². The first-order valence-electron chi connectivity index (χ1n) is 5.20. The Morgan fingerprint density at radius 1 is 1.43 bits per heavy atom. The highest BCUT2D eigenvalue weighted by Gasteiger charge is 2.08. The summed E-state index contributed by atoms with van der Waals surface area (Å²) in [5, 5.41) is 11.4. The summed E-state index contributed by atoms with van der Waals surface area (Å²) in [6.45, 7) is 4.54. The van der Waals surface area contributed by atoms with Gasteiger partial charge in [-0.1, -0.05) is 6.92 Å². The van der Waals surface area contributed by atoms with Crippen LogP contribution in [0.15, 0.2) is 0 Å². The molecule has 0 aromatic heterocycles. The summed E-state index contributed by atoms with van der Waals surface area (Å²) in [4.78, 5) is 11.3. The quantitative estimate of drug-likeness (QED) is 0.554. The second kappa shape index (κ2) is 7.76. The zero-order chi connectivity index (χ0) is 11.0. The molecule has 0 heterocycles. The molecule has 0 aromatic rings. The molecule has 2 atom stereocenters. The van der Waals surface area contributed by atoms with Crippen LogP contribution in [0.4, 0.5) is 0 Å².